The minimum Gasteiger partial charge on any atom is -0.397 e. The number of fused-ring (bicyclic) bond motifs is 1. The van der Waals surface area contributed by atoms with Gasteiger partial charge in [-0.25, -0.2) is 0 Å². The molecule has 2 rings (SSSR count). The highest BCUT2D eigenvalue weighted by Crippen LogP contribution is 2.38. The van der Waals surface area contributed by atoms with Gasteiger partial charge >= 0.3 is 0 Å². The summed E-state index contributed by atoms with van der Waals surface area (Å²) in [6.45, 7) is 0. The number of halogens is 1. The molecule has 2 N–H and O–H groups in total. The quantitative estimate of drug-likeness (QED) is 0.594. The molecule has 0 atom stereocenters. The zero-order valence-corrected chi connectivity index (χ0v) is 9.39. The summed E-state index contributed by atoms with van der Waals surface area (Å²) in [5, 5.41) is 1.86. The van der Waals surface area contributed by atoms with Gasteiger partial charge in [0.25, 0.3) is 0 Å². The molecule has 1 nitrogen and oxygen atoms in total. The second-order valence-electron chi connectivity index (χ2n) is 2.66. The first kappa shape index (κ1) is 9.19. The molecule has 68 valence electrons. The summed E-state index contributed by atoms with van der Waals surface area (Å²) < 4.78 is 2.36. The number of nitrogens with two attached hydrogens (primary N) is 1. The van der Waals surface area contributed by atoms with Crippen molar-refractivity contribution in [3.63, 3.8) is 0 Å². The highest BCUT2D eigenvalue weighted by atomic mass is 35.5. The Hall–Kier alpha value is -0.380. The lowest BCUT2D eigenvalue weighted by atomic mass is 10.2. The van der Waals surface area contributed by atoms with Crippen molar-refractivity contribution >= 4 is 50.5 Å². The number of benzene rings is 1. The van der Waals surface area contributed by atoms with Crippen LogP contribution in [0.5, 0.6) is 0 Å². The maximum absolute atomic E-state index is 6.07. The molecule has 4 heteroatoms. The minimum absolute atomic E-state index is 0.656. The van der Waals surface area contributed by atoms with Gasteiger partial charge in [-0.05, 0) is 23.8 Å². The molecule has 13 heavy (non-hydrogen) atoms. The number of thiophene rings is 1. The first-order valence-corrected chi connectivity index (χ1v) is 6.16. The van der Waals surface area contributed by atoms with E-state index in [1.807, 2.05) is 12.1 Å². The van der Waals surface area contributed by atoms with E-state index < -0.39 is 0 Å². The van der Waals surface area contributed by atoms with E-state index in [2.05, 4.69) is 12.3 Å². The van der Waals surface area contributed by atoms with E-state index in [1.54, 1.807) is 23.1 Å². The molecule has 0 radical (unpaired) electrons. The number of hydrogen-bond donors (Lipinski definition) is 1. The molecule has 0 fully saturated rings. The Bertz CT molecular complexity index is 450. The standard InChI is InChI=1S/C9H8ClNS2/c1-12-7-4-5-2-3-6(11)8(10)9(5)13-7/h2-4H,11H2,1H3. The van der Waals surface area contributed by atoms with Crippen molar-refractivity contribution in [2.24, 2.45) is 0 Å². The average Bonchev–Trinajstić information content (AvgIpc) is 2.55. The smallest absolute Gasteiger partial charge is 0.0813 e. The largest absolute Gasteiger partial charge is 0.397 e. The molecule has 0 saturated heterocycles. The van der Waals surface area contributed by atoms with Crippen molar-refractivity contribution in [3.05, 3.63) is 23.2 Å². The summed E-state index contributed by atoms with van der Waals surface area (Å²) in [5.41, 5.74) is 6.36. The first-order valence-electron chi connectivity index (χ1n) is 3.74. The SMILES string of the molecule is CSc1cc2ccc(N)c(Cl)c2s1. The topological polar surface area (TPSA) is 26.0 Å². The van der Waals surface area contributed by atoms with Crippen LogP contribution in [-0.4, -0.2) is 6.26 Å². The Morgan fingerprint density at radius 1 is 1.46 bits per heavy atom. The van der Waals surface area contributed by atoms with Gasteiger partial charge in [0.15, 0.2) is 0 Å². The van der Waals surface area contributed by atoms with Crippen LogP contribution >= 0.6 is 34.7 Å². The minimum atomic E-state index is 0.656. The third-order valence-corrected chi connectivity index (χ3v) is 4.59. The molecule has 0 amide bonds. The Balaban J connectivity index is 2.76. The molecule has 1 aromatic carbocycles. The molecule has 1 heterocycles. The number of thioether (sulfide) groups is 1. The van der Waals surface area contributed by atoms with Crippen molar-refractivity contribution in [3.8, 4) is 0 Å². The van der Waals surface area contributed by atoms with Crippen LogP contribution in [0, 0.1) is 0 Å². The molecule has 0 unspecified atom stereocenters. The van der Waals surface area contributed by atoms with Crippen molar-refractivity contribution in [1.29, 1.82) is 0 Å². The first-order chi connectivity index (χ1) is 6.22. The van der Waals surface area contributed by atoms with Crippen LogP contribution in [0.3, 0.4) is 0 Å². The molecule has 0 bridgehead atoms. The summed E-state index contributed by atoms with van der Waals surface area (Å²) in [6.07, 6.45) is 2.06. The van der Waals surface area contributed by atoms with Gasteiger partial charge in [0, 0.05) is 0 Å². The second kappa shape index (κ2) is 3.40. The van der Waals surface area contributed by atoms with Gasteiger partial charge in [-0.2, -0.15) is 0 Å². The molecular weight excluding hydrogens is 222 g/mol. The number of nitrogen functional groups attached to an aromatic ring is 1. The van der Waals surface area contributed by atoms with Gasteiger partial charge in [-0.3, -0.25) is 0 Å². The molecule has 0 aliphatic rings. The van der Waals surface area contributed by atoms with Gasteiger partial charge in [0.2, 0.25) is 0 Å². The van der Waals surface area contributed by atoms with Crippen molar-refractivity contribution in [2.45, 2.75) is 4.21 Å². The van der Waals surface area contributed by atoms with Gasteiger partial charge in [0.1, 0.15) is 0 Å². The molecule has 1 aromatic heterocycles. The predicted molar refractivity (Wildman–Crippen MR) is 63.0 cm³/mol. The Kier molecular flexibility index (Phi) is 2.41. The van der Waals surface area contributed by atoms with E-state index in [0.29, 0.717) is 10.7 Å². The molecule has 2 aromatic rings. The van der Waals surface area contributed by atoms with Gasteiger partial charge in [0.05, 0.1) is 19.6 Å². The van der Waals surface area contributed by atoms with E-state index in [4.69, 9.17) is 17.3 Å². The van der Waals surface area contributed by atoms with Crippen molar-refractivity contribution < 1.29 is 0 Å². The monoisotopic (exact) mass is 229 g/mol. The Labute approximate surface area is 89.9 Å². The van der Waals surface area contributed by atoms with Crippen LogP contribution < -0.4 is 5.73 Å². The predicted octanol–water partition coefficient (Wildman–Crippen LogP) is 3.86. The van der Waals surface area contributed by atoms with Crippen molar-refractivity contribution in [2.75, 3.05) is 12.0 Å². The Morgan fingerprint density at radius 3 is 2.92 bits per heavy atom. The highest BCUT2D eigenvalue weighted by molar-refractivity contribution is 8.00. The lowest BCUT2D eigenvalue weighted by molar-refractivity contribution is 1.75. The van der Waals surface area contributed by atoms with E-state index in [0.717, 1.165) is 4.70 Å². The summed E-state index contributed by atoms with van der Waals surface area (Å²) in [6, 6.07) is 5.99. The van der Waals surface area contributed by atoms with Crippen LogP contribution in [0.15, 0.2) is 22.4 Å². The number of anilines is 1. The lowest BCUT2D eigenvalue weighted by Crippen LogP contribution is -1.83. The Morgan fingerprint density at radius 2 is 2.23 bits per heavy atom. The fraction of sp³-hybridized carbons (Fsp3) is 0.111. The molecule has 0 aliphatic carbocycles. The van der Waals surface area contributed by atoms with E-state index in [9.17, 15) is 0 Å². The third-order valence-electron chi connectivity index (χ3n) is 1.83. The van der Waals surface area contributed by atoms with Gasteiger partial charge in [-0.1, -0.05) is 17.7 Å². The lowest BCUT2D eigenvalue weighted by Gasteiger charge is -1.96. The average molecular weight is 230 g/mol. The maximum atomic E-state index is 6.07. The zero-order valence-electron chi connectivity index (χ0n) is 7.00. The van der Waals surface area contributed by atoms with Crippen LogP contribution in [0.2, 0.25) is 5.02 Å². The third kappa shape index (κ3) is 1.52. The van der Waals surface area contributed by atoms with Crippen LogP contribution in [-0.2, 0) is 0 Å². The number of hydrogen-bond acceptors (Lipinski definition) is 3. The van der Waals surface area contributed by atoms with Crippen LogP contribution in [0.4, 0.5) is 5.69 Å². The molecular formula is C9H8ClNS2. The van der Waals surface area contributed by atoms with E-state index in [-0.39, 0.29) is 0 Å². The van der Waals surface area contributed by atoms with E-state index >= 15 is 0 Å². The van der Waals surface area contributed by atoms with Gasteiger partial charge < -0.3 is 5.73 Å². The van der Waals surface area contributed by atoms with Gasteiger partial charge in [-0.15, -0.1) is 23.1 Å². The van der Waals surface area contributed by atoms with E-state index in [1.165, 1.54) is 9.60 Å². The summed E-state index contributed by atoms with van der Waals surface area (Å²) in [7, 11) is 0. The number of rotatable bonds is 1. The molecule has 0 spiro atoms. The summed E-state index contributed by atoms with van der Waals surface area (Å²) in [5.74, 6) is 0. The second-order valence-corrected chi connectivity index (χ2v) is 5.19. The van der Waals surface area contributed by atoms with Crippen LogP contribution in [0.25, 0.3) is 10.1 Å². The fourth-order valence-electron chi connectivity index (χ4n) is 1.16. The normalized spacial score (nSPS) is 10.9. The molecule has 0 aliphatic heterocycles. The fourth-order valence-corrected chi connectivity index (χ4v) is 3.12. The zero-order chi connectivity index (χ0) is 9.42. The maximum Gasteiger partial charge on any atom is 0.0813 e. The summed E-state index contributed by atoms with van der Waals surface area (Å²) >= 11 is 9.49. The van der Waals surface area contributed by atoms with Crippen molar-refractivity contribution in [1.82, 2.24) is 0 Å². The van der Waals surface area contributed by atoms with Crippen LogP contribution in [0.1, 0.15) is 0 Å². The highest BCUT2D eigenvalue weighted by Gasteiger charge is 2.06. The molecule has 0 saturated carbocycles. The summed E-state index contributed by atoms with van der Waals surface area (Å²) in [4.78, 5) is 0.